The van der Waals surface area contributed by atoms with E-state index in [1.54, 1.807) is 0 Å². The van der Waals surface area contributed by atoms with E-state index >= 15 is 0 Å². The van der Waals surface area contributed by atoms with E-state index in [1.165, 1.54) is 30.3 Å². The summed E-state index contributed by atoms with van der Waals surface area (Å²) in [5.74, 6) is -1.85. The number of alkyl halides is 6. The molecule has 38 heavy (non-hydrogen) atoms. The first-order valence-corrected chi connectivity index (χ1v) is 11.0. The summed E-state index contributed by atoms with van der Waals surface area (Å²) in [6.45, 7) is -1.63. The van der Waals surface area contributed by atoms with Crippen LogP contribution in [-0.2, 0) is 24.1 Å². The van der Waals surface area contributed by atoms with Crippen molar-refractivity contribution in [2.45, 2.75) is 37.9 Å². The summed E-state index contributed by atoms with van der Waals surface area (Å²) >= 11 is 5.84. The number of benzene rings is 2. The number of aromatic nitrogens is 3. The molecule has 4 N–H and O–H groups in total. The van der Waals surface area contributed by atoms with Crippen LogP contribution in [0.25, 0.3) is 11.4 Å². The van der Waals surface area contributed by atoms with Crippen molar-refractivity contribution in [3.8, 4) is 11.4 Å². The topological polar surface area (TPSA) is 128 Å². The number of halogens is 7. The highest BCUT2D eigenvalue weighted by atomic mass is 35.5. The standard InChI is InChI=1S/C22H19ClF6N6O3/c23-15-6-4-12(5-7-15)19-32-35(20(37)34(19)9-8-21(24,25)26)11-16(36)31-17(18(30)33-38)13-2-1-3-14(10-13)22(27,28)29/h1-7,10,17,38H,8-9,11H2,(H2,30,33)(H,31,36). The number of nitrogens with one attached hydrogen (secondary N) is 1. The molecule has 16 heteroatoms. The second-order valence-electron chi connectivity index (χ2n) is 7.94. The van der Waals surface area contributed by atoms with Gasteiger partial charge in [0.2, 0.25) is 5.91 Å². The van der Waals surface area contributed by atoms with E-state index in [0.717, 1.165) is 16.7 Å². The average Bonchev–Trinajstić information content (AvgIpc) is 3.15. The minimum Gasteiger partial charge on any atom is -0.409 e. The molecule has 204 valence electrons. The molecule has 0 aliphatic carbocycles. The normalized spacial score (nSPS) is 13.4. The van der Waals surface area contributed by atoms with Crippen LogP contribution in [0.3, 0.4) is 0 Å². The summed E-state index contributed by atoms with van der Waals surface area (Å²) < 4.78 is 79.3. The number of hydrogen-bond donors (Lipinski definition) is 3. The van der Waals surface area contributed by atoms with E-state index in [-0.39, 0.29) is 17.0 Å². The van der Waals surface area contributed by atoms with Crippen molar-refractivity contribution in [3.63, 3.8) is 0 Å². The van der Waals surface area contributed by atoms with Gasteiger partial charge in [-0.2, -0.15) is 26.3 Å². The minimum absolute atomic E-state index is 0.172. The highest BCUT2D eigenvalue weighted by Crippen LogP contribution is 2.31. The van der Waals surface area contributed by atoms with Gasteiger partial charge in [-0.25, -0.2) is 9.48 Å². The quantitative estimate of drug-likeness (QED) is 0.126. The third-order valence-electron chi connectivity index (χ3n) is 5.20. The molecule has 1 atom stereocenters. The number of amides is 1. The van der Waals surface area contributed by atoms with Gasteiger partial charge in [0, 0.05) is 17.1 Å². The summed E-state index contributed by atoms with van der Waals surface area (Å²) in [6, 6.07) is 7.85. The molecule has 0 fully saturated rings. The largest absolute Gasteiger partial charge is 0.416 e. The fraction of sp³-hybridized carbons (Fsp3) is 0.273. The molecule has 0 radical (unpaired) electrons. The van der Waals surface area contributed by atoms with Gasteiger partial charge in [0.05, 0.1) is 12.0 Å². The molecule has 2 aromatic carbocycles. The van der Waals surface area contributed by atoms with Crippen LogP contribution in [0.15, 0.2) is 58.5 Å². The van der Waals surface area contributed by atoms with Gasteiger partial charge in [0.15, 0.2) is 11.7 Å². The molecule has 0 aliphatic rings. The lowest BCUT2D eigenvalue weighted by atomic mass is 10.0. The lowest BCUT2D eigenvalue weighted by Crippen LogP contribution is -2.41. The Bertz CT molecular complexity index is 1380. The molecule has 0 saturated carbocycles. The van der Waals surface area contributed by atoms with Crippen molar-refractivity contribution in [1.82, 2.24) is 19.7 Å². The molecule has 0 saturated heterocycles. The number of nitrogens with zero attached hydrogens (tertiary/aromatic N) is 4. The summed E-state index contributed by atoms with van der Waals surface area (Å²) in [6.07, 6.45) is -10.7. The van der Waals surface area contributed by atoms with Crippen LogP contribution in [0, 0.1) is 0 Å². The van der Waals surface area contributed by atoms with E-state index in [1.807, 2.05) is 0 Å². The summed E-state index contributed by atoms with van der Waals surface area (Å²) in [5, 5.41) is 18.3. The molecule has 0 bridgehead atoms. The van der Waals surface area contributed by atoms with Crippen LogP contribution in [0.2, 0.25) is 5.02 Å². The van der Waals surface area contributed by atoms with Crippen LogP contribution in [0.1, 0.15) is 23.6 Å². The van der Waals surface area contributed by atoms with Crippen LogP contribution in [0.5, 0.6) is 0 Å². The van der Waals surface area contributed by atoms with Crippen molar-refractivity contribution in [2.24, 2.45) is 10.9 Å². The molecular formula is C22H19ClF6N6O3. The fourth-order valence-corrected chi connectivity index (χ4v) is 3.55. The number of carbonyl (C=O) groups is 1. The van der Waals surface area contributed by atoms with Crippen molar-refractivity contribution < 1.29 is 36.3 Å². The SMILES string of the molecule is N/C(=N\O)C(NC(=O)Cn1nc(-c2ccc(Cl)cc2)n(CCC(F)(F)F)c1=O)c1cccc(C(F)(F)F)c1. The Hall–Kier alpha value is -4.01. The Kier molecular flexibility index (Phi) is 8.39. The predicted octanol–water partition coefficient (Wildman–Crippen LogP) is 3.94. The Morgan fingerprint density at radius 2 is 1.79 bits per heavy atom. The molecule has 9 nitrogen and oxygen atoms in total. The molecular weight excluding hydrogens is 546 g/mol. The third-order valence-corrected chi connectivity index (χ3v) is 5.45. The van der Waals surface area contributed by atoms with Crippen LogP contribution >= 0.6 is 11.6 Å². The zero-order valence-electron chi connectivity index (χ0n) is 19.1. The number of hydrogen-bond acceptors (Lipinski definition) is 5. The first-order valence-electron chi connectivity index (χ1n) is 10.6. The fourth-order valence-electron chi connectivity index (χ4n) is 3.42. The number of carbonyl (C=O) groups excluding carboxylic acids is 1. The second-order valence-corrected chi connectivity index (χ2v) is 8.37. The van der Waals surface area contributed by atoms with Gasteiger partial charge < -0.3 is 16.3 Å². The zero-order valence-corrected chi connectivity index (χ0v) is 19.8. The highest BCUT2D eigenvalue weighted by molar-refractivity contribution is 6.30. The average molecular weight is 565 g/mol. The molecule has 1 unspecified atom stereocenters. The summed E-state index contributed by atoms with van der Waals surface area (Å²) in [7, 11) is 0. The van der Waals surface area contributed by atoms with Gasteiger partial charge in [0.1, 0.15) is 12.6 Å². The number of oxime groups is 1. The third kappa shape index (κ3) is 7.06. The Morgan fingerprint density at radius 3 is 2.37 bits per heavy atom. The number of nitrogens with two attached hydrogens (primary N) is 1. The van der Waals surface area contributed by atoms with Gasteiger partial charge in [-0.1, -0.05) is 28.9 Å². The maximum absolute atomic E-state index is 13.1. The van der Waals surface area contributed by atoms with Crippen LogP contribution in [-0.4, -0.2) is 37.5 Å². The Balaban J connectivity index is 1.93. The molecule has 3 rings (SSSR count). The summed E-state index contributed by atoms with van der Waals surface area (Å²) in [4.78, 5) is 25.6. The van der Waals surface area contributed by atoms with E-state index in [4.69, 9.17) is 22.5 Å². The molecule has 1 heterocycles. The first kappa shape index (κ1) is 28.6. The predicted molar refractivity (Wildman–Crippen MR) is 123 cm³/mol. The maximum Gasteiger partial charge on any atom is 0.416 e. The van der Waals surface area contributed by atoms with E-state index in [0.29, 0.717) is 15.8 Å². The second kappa shape index (κ2) is 11.2. The molecule has 0 spiro atoms. The molecule has 1 aromatic heterocycles. The first-order chi connectivity index (χ1) is 17.7. The zero-order chi connectivity index (χ0) is 28.3. The van der Waals surface area contributed by atoms with E-state index < -0.39 is 60.9 Å². The smallest absolute Gasteiger partial charge is 0.409 e. The summed E-state index contributed by atoms with van der Waals surface area (Å²) in [5.41, 5.74) is 3.52. The molecule has 1 amide bonds. The van der Waals surface area contributed by atoms with Crippen molar-refractivity contribution >= 4 is 23.3 Å². The number of rotatable bonds is 8. The van der Waals surface area contributed by atoms with Crippen molar-refractivity contribution in [3.05, 3.63) is 75.2 Å². The maximum atomic E-state index is 13.1. The van der Waals surface area contributed by atoms with Crippen LogP contribution < -0.4 is 16.7 Å². The highest BCUT2D eigenvalue weighted by Gasteiger charge is 2.32. The lowest BCUT2D eigenvalue weighted by molar-refractivity contribution is -0.138. The van der Waals surface area contributed by atoms with Gasteiger partial charge in [0.25, 0.3) is 0 Å². The van der Waals surface area contributed by atoms with Gasteiger partial charge in [-0.3, -0.25) is 9.36 Å². The Labute approximate surface area is 215 Å². The van der Waals surface area contributed by atoms with Gasteiger partial charge >= 0.3 is 18.0 Å². The van der Waals surface area contributed by atoms with Crippen LogP contribution in [0.4, 0.5) is 26.3 Å². The van der Waals surface area contributed by atoms with Crippen molar-refractivity contribution in [1.29, 1.82) is 0 Å². The molecule has 3 aromatic rings. The minimum atomic E-state index is -4.72. The van der Waals surface area contributed by atoms with E-state index in [9.17, 15) is 35.9 Å². The van der Waals surface area contributed by atoms with E-state index in [2.05, 4.69) is 15.6 Å². The monoisotopic (exact) mass is 564 g/mol. The van der Waals surface area contributed by atoms with Gasteiger partial charge in [-0.15, -0.1) is 5.10 Å². The lowest BCUT2D eigenvalue weighted by Gasteiger charge is -2.19. The van der Waals surface area contributed by atoms with Gasteiger partial charge in [-0.05, 0) is 42.0 Å². The molecule has 0 aliphatic heterocycles. The van der Waals surface area contributed by atoms with Crippen molar-refractivity contribution in [2.75, 3.05) is 0 Å². The Morgan fingerprint density at radius 1 is 1.13 bits per heavy atom. The number of amidine groups is 1.